The second-order valence-corrected chi connectivity index (χ2v) is 13.4. The Bertz CT molecular complexity index is 1150. The van der Waals surface area contributed by atoms with Gasteiger partial charge in [-0.1, -0.05) is 20.8 Å². The number of hydrogen-bond donors (Lipinski definition) is 1. The fraction of sp³-hybridized carbons (Fsp3) is 0.767. The number of hydrogen-bond acceptors (Lipinski definition) is 3. The molecule has 4 aliphatic rings. The fourth-order valence-electron chi connectivity index (χ4n) is 9.93. The Labute approximate surface area is 216 Å². The predicted molar refractivity (Wildman–Crippen MR) is 133 cm³/mol. The summed E-state index contributed by atoms with van der Waals surface area (Å²) in [5.41, 5.74) is -0.581. The topological polar surface area (TPSA) is 46.3 Å². The Morgan fingerprint density at radius 2 is 1.59 bits per heavy atom. The van der Waals surface area contributed by atoms with Gasteiger partial charge in [0.25, 0.3) is 0 Å². The van der Waals surface area contributed by atoms with E-state index < -0.39 is 34.4 Å². The van der Waals surface area contributed by atoms with Crippen molar-refractivity contribution in [3.8, 4) is 0 Å². The van der Waals surface area contributed by atoms with Gasteiger partial charge >= 0.3 is 0 Å². The van der Waals surface area contributed by atoms with E-state index in [-0.39, 0.29) is 17.4 Å². The summed E-state index contributed by atoms with van der Waals surface area (Å²) in [7, 11) is 0. The Balaban J connectivity index is 1.16. The maximum Gasteiger partial charge on any atom is 0.206 e. The molecule has 7 heteroatoms. The van der Waals surface area contributed by atoms with Gasteiger partial charge in [0.05, 0.1) is 6.10 Å². The van der Waals surface area contributed by atoms with E-state index in [0.717, 1.165) is 43.4 Å². The second-order valence-electron chi connectivity index (χ2n) is 13.4. The highest BCUT2D eigenvalue weighted by Crippen LogP contribution is 2.68. The van der Waals surface area contributed by atoms with E-state index in [9.17, 15) is 22.7 Å². The summed E-state index contributed by atoms with van der Waals surface area (Å²) in [5, 5.41) is 10.3. The lowest BCUT2D eigenvalue weighted by atomic mass is 9.44. The first-order valence-electron chi connectivity index (χ1n) is 14.3. The van der Waals surface area contributed by atoms with E-state index in [1.54, 1.807) is 0 Å². The zero-order valence-electron chi connectivity index (χ0n) is 22.1. The molecule has 0 radical (unpaired) electrons. The quantitative estimate of drug-likeness (QED) is 0.252. The third-order valence-corrected chi connectivity index (χ3v) is 11.9. The lowest BCUT2D eigenvalue weighted by Gasteiger charge is -2.61. The van der Waals surface area contributed by atoms with Crippen LogP contribution in [0.4, 0.5) is 17.6 Å². The molecule has 4 aliphatic carbocycles. The molecule has 3 nitrogen and oxygen atoms in total. The van der Waals surface area contributed by atoms with Crippen LogP contribution in [-0.2, 0) is 6.42 Å². The number of benzene rings is 1. The molecule has 37 heavy (non-hydrogen) atoms. The highest BCUT2D eigenvalue weighted by atomic mass is 19.2. The molecule has 1 aromatic heterocycles. The standard InChI is InChI=1S/C30H39F4NO2/c1-15(4-9-22-35-27-25(33)23(31)24(32)26(34)28(27)37-22)19-7-8-20-18-6-5-16-14-17(36)10-12-29(16,2)21(18)11-13-30(19,20)3/h15-21,36H,4-14H2,1-3H3/t15?,16?,17-,18?,19?,20?,21?,29?,30?/m1/s1. The first-order valence-corrected chi connectivity index (χ1v) is 14.3. The normalized spacial score (nSPS) is 40.3. The van der Waals surface area contributed by atoms with Gasteiger partial charge in [-0.15, -0.1) is 0 Å². The van der Waals surface area contributed by atoms with Crippen LogP contribution < -0.4 is 0 Å². The third-order valence-electron chi connectivity index (χ3n) is 11.9. The van der Waals surface area contributed by atoms with E-state index in [0.29, 0.717) is 29.6 Å². The number of fused-ring (bicyclic) bond motifs is 6. The maximum absolute atomic E-state index is 14.1. The lowest BCUT2D eigenvalue weighted by Crippen LogP contribution is -2.54. The largest absolute Gasteiger partial charge is 0.437 e. The molecule has 204 valence electrons. The Morgan fingerprint density at radius 1 is 0.892 bits per heavy atom. The summed E-state index contributed by atoms with van der Waals surface area (Å²) >= 11 is 0. The number of rotatable bonds is 4. The van der Waals surface area contributed by atoms with Crippen LogP contribution in [0, 0.1) is 69.6 Å². The van der Waals surface area contributed by atoms with Gasteiger partial charge in [-0.2, -0.15) is 4.39 Å². The molecule has 0 spiro atoms. The number of nitrogens with zero attached hydrogens (tertiary/aromatic N) is 1. The predicted octanol–water partition coefficient (Wildman–Crippen LogP) is 7.97. The van der Waals surface area contributed by atoms with Crippen molar-refractivity contribution in [3.05, 3.63) is 29.2 Å². The van der Waals surface area contributed by atoms with Crippen molar-refractivity contribution in [1.29, 1.82) is 0 Å². The zero-order chi connectivity index (χ0) is 26.3. The van der Waals surface area contributed by atoms with Gasteiger partial charge in [-0.05, 0) is 111 Å². The summed E-state index contributed by atoms with van der Waals surface area (Å²) < 4.78 is 60.8. The van der Waals surface area contributed by atoms with E-state index in [4.69, 9.17) is 4.42 Å². The molecule has 0 saturated heterocycles. The maximum atomic E-state index is 14.1. The van der Waals surface area contributed by atoms with Crippen LogP contribution in [0.3, 0.4) is 0 Å². The molecule has 1 aromatic carbocycles. The Morgan fingerprint density at radius 3 is 2.38 bits per heavy atom. The molecule has 1 heterocycles. The number of oxazole rings is 1. The average Bonchev–Trinajstić information content (AvgIpc) is 3.46. The first kappa shape index (κ1) is 25.6. The minimum Gasteiger partial charge on any atom is -0.437 e. The van der Waals surface area contributed by atoms with E-state index in [1.165, 1.54) is 38.5 Å². The molecule has 8 unspecified atom stereocenters. The van der Waals surface area contributed by atoms with Crippen molar-refractivity contribution in [2.75, 3.05) is 0 Å². The number of aromatic nitrogens is 1. The van der Waals surface area contributed by atoms with Crippen molar-refractivity contribution >= 4 is 11.1 Å². The fourth-order valence-corrected chi connectivity index (χ4v) is 9.93. The highest BCUT2D eigenvalue weighted by Gasteiger charge is 2.60. The molecular weight excluding hydrogens is 482 g/mol. The smallest absolute Gasteiger partial charge is 0.206 e. The summed E-state index contributed by atoms with van der Waals surface area (Å²) in [6.07, 6.45) is 11.6. The van der Waals surface area contributed by atoms with Crippen LogP contribution in [0.5, 0.6) is 0 Å². The van der Waals surface area contributed by atoms with Crippen LogP contribution >= 0.6 is 0 Å². The molecule has 6 rings (SSSR count). The number of halogens is 4. The van der Waals surface area contributed by atoms with Crippen LogP contribution in [0.1, 0.15) is 90.9 Å². The minimum absolute atomic E-state index is 0.118. The van der Waals surface area contributed by atoms with Gasteiger partial charge < -0.3 is 9.52 Å². The third kappa shape index (κ3) is 3.80. The molecule has 0 bridgehead atoms. The summed E-state index contributed by atoms with van der Waals surface area (Å²) in [4.78, 5) is 3.97. The van der Waals surface area contributed by atoms with Crippen molar-refractivity contribution in [2.45, 2.75) is 97.5 Å². The second kappa shape index (κ2) is 8.96. The van der Waals surface area contributed by atoms with Crippen molar-refractivity contribution in [3.63, 3.8) is 0 Å². The van der Waals surface area contributed by atoms with Crippen LogP contribution in [0.2, 0.25) is 0 Å². The summed E-state index contributed by atoms with van der Waals surface area (Å²) in [6, 6.07) is 0. The lowest BCUT2D eigenvalue weighted by molar-refractivity contribution is -0.129. The molecular formula is C30H39F4NO2. The van der Waals surface area contributed by atoms with Gasteiger partial charge in [0.15, 0.2) is 28.6 Å². The van der Waals surface area contributed by atoms with Crippen molar-refractivity contribution in [2.24, 2.45) is 46.3 Å². The van der Waals surface area contributed by atoms with Crippen LogP contribution in [0.15, 0.2) is 4.42 Å². The molecule has 2 aromatic rings. The molecule has 1 N–H and O–H groups in total. The minimum atomic E-state index is -1.87. The van der Waals surface area contributed by atoms with Gasteiger partial charge in [-0.25, -0.2) is 18.2 Å². The Hall–Kier alpha value is -1.63. The van der Waals surface area contributed by atoms with Gasteiger partial charge in [0, 0.05) is 6.42 Å². The molecule has 4 saturated carbocycles. The molecule has 0 aliphatic heterocycles. The van der Waals surface area contributed by atoms with Gasteiger partial charge in [-0.3, -0.25) is 0 Å². The zero-order valence-corrected chi connectivity index (χ0v) is 22.1. The number of aryl methyl sites for hydroxylation is 1. The van der Waals surface area contributed by atoms with Gasteiger partial charge in [0.1, 0.15) is 0 Å². The van der Waals surface area contributed by atoms with E-state index >= 15 is 0 Å². The average molecular weight is 522 g/mol. The number of aliphatic hydroxyl groups is 1. The highest BCUT2D eigenvalue weighted by molar-refractivity contribution is 5.74. The van der Waals surface area contributed by atoms with Crippen LogP contribution in [0.25, 0.3) is 11.1 Å². The van der Waals surface area contributed by atoms with Gasteiger partial charge in [0.2, 0.25) is 11.6 Å². The van der Waals surface area contributed by atoms with Crippen molar-refractivity contribution < 1.29 is 27.1 Å². The van der Waals surface area contributed by atoms with Crippen molar-refractivity contribution in [1.82, 2.24) is 4.98 Å². The monoisotopic (exact) mass is 521 g/mol. The molecule has 0 amide bonds. The first-order chi connectivity index (χ1) is 17.5. The molecule has 4 fully saturated rings. The SMILES string of the molecule is CC(CCc1nc2c(F)c(F)c(F)c(F)c2o1)C1CCC2C3CCC4C[C@H](O)CCC4(C)C3CCC12C. The summed E-state index contributed by atoms with van der Waals surface area (Å²) in [6.45, 7) is 7.27. The Kier molecular flexibility index (Phi) is 6.21. The van der Waals surface area contributed by atoms with E-state index in [1.807, 2.05) is 0 Å². The van der Waals surface area contributed by atoms with Crippen LogP contribution in [-0.4, -0.2) is 16.2 Å². The number of aliphatic hydroxyl groups excluding tert-OH is 1. The molecule has 9 atom stereocenters. The van der Waals surface area contributed by atoms with E-state index in [2.05, 4.69) is 25.8 Å². The summed E-state index contributed by atoms with van der Waals surface area (Å²) in [5.74, 6) is -2.79.